The Kier molecular flexibility index (Phi) is 2.88. The molecule has 0 radical (unpaired) electrons. The zero-order chi connectivity index (χ0) is 11.4. The van der Waals surface area contributed by atoms with Crippen molar-refractivity contribution < 1.29 is 0 Å². The van der Waals surface area contributed by atoms with E-state index in [2.05, 4.69) is 11.1 Å². The first-order chi connectivity index (χ1) is 7.81. The molecule has 0 amide bonds. The van der Waals surface area contributed by atoms with Crippen molar-refractivity contribution >= 4 is 0 Å². The van der Waals surface area contributed by atoms with Gasteiger partial charge in [0.15, 0.2) is 0 Å². The van der Waals surface area contributed by atoms with Gasteiger partial charge in [-0.2, -0.15) is 0 Å². The number of hydrogen-bond donors (Lipinski definition) is 0. The standard InChI is InChI=1S/C14H11NO/c1-11-6-8-12(9-7-11)14-5-3-2-4-13(14)10-15-16/h2-9H,1H3. The van der Waals surface area contributed by atoms with Crippen LogP contribution in [0.2, 0.25) is 0 Å². The van der Waals surface area contributed by atoms with E-state index in [1.54, 1.807) is 0 Å². The summed E-state index contributed by atoms with van der Waals surface area (Å²) in [5.74, 6) is 0. The molecule has 0 aliphatic carbocycles. The molecule has 0 aliphatic heterocycles. The quantitative estimate of drug-likeness (QED) is 0.655. The number of benzene rings is 2. The van der Waals surface area contributed by atoms with E-state index in [-0.39, 0.29) is 0 Å². The van der Waals surface area contributed by atoms with Gasteiger partial charge >= 0.3 is 6.07 Å². The fourth-order valence-corrected chi connectivity index (χ4v) is 1.61. The molecule has 0 N–H and O–H groups in total. The monoisotopic (exact) mass is 209 g/mol. The highest BCUT2D eigenvalue weighted by Crippen LogP contribution is 2.23. The Morgan fingerprint density at radius 2 is 1.69 bits per heavy atom. The summed E-state index contributed by atoms with van der Waals surface area (Å²) < 4.78 is 0. The Morgan fingerprint density at radius 3 is 2.38 bits per heavy atom. The van der Waals surface area contributed by atoms with E-state index in [0.717, 1.165) is 16.7 Å². The average molecular weight is 209 g/mol. The molecule has 2 aromatic rings. The predicted molar refractivity (Wildman–Crippen MR) is 66.3 cm³/mol. The smallest absolute Gasteiger partial charge is 0.337 e. The van der Waals surface area contributed by atoms with Crippen LogP contribution in [0, 0.1) is 18.2 Å². The normalized spacial score (nSPS) is 9.31. The van der Waals surface area contributed by atoms with E-state index in [4.69, 9.17) is 0 Å². The van der Waals surface area contributed by atoms with Crippen LogP contribution >= 0.6 is 0 Å². The predicted octanol–water partition coefficient (Wildman–Crippen LogP) is 3.84. The molecular weight excluding hydrogens is 198 g/mol. The highest BCUT2D eigenvalue weighted by molar-refractivity contribution is 5.70. The third-order valence-electron chi connectivity index (χ3n) is 2.46. The SMILES string of the molecule is Cc1ccc(-c2ccccc2C#[N+][O-])cc1. The lowest BCUT2D eigenvalue weighted by Gasteiger charge is -2.02. The van der Waals surface area contributed by atoms with Crippen LogP contribution in [0.15, 0.2) is 48.5 Å². The fourth-order valence-electron chi connectivity index (χ4n) is 1.61. The van der Waals surface area contributed by atoms with E-state index in [1.807, 2.05) is 55.5 Å². The van der Waals surface area contributed by atoms with Crippen LogP contribution in [0.3, 0.4) is 0 Å². The van der Waals surface area contributed by atoms with Crippen LogP contribution in [0.1, 0.15) is 11.1 Å². The first-order valence-corrected chi connectivity index (χ1v) is 5.05. The topological polar surface area (TPSA) is 27.4 Å². The summed E-state index contributed by atoms with van der Waals surface area (Å²) in [6.07, 6.45) is 0. The minimum Gasteiger partial charge on any atom is -0.498 e. The van der Waals surface area contributed by atoms with Gasteiger partial charge in [-0.25, -0.2) is 0 Å². The molecule has 0 saturated heterocycles. The van der Waals surface area contributed by atoms with Crippen LogP contribution in [0.25, 0.3) is 16.1 Å². The van der Waals surface area contributed by atoms with Crippen molar-refractivity contribution in [3.63, 3.8) is 0 Å². The summed E-state index contributed by atoms with van der Waals surface area (Å²) in [5, 5.41) is 13.0. The summed E-state index contributed by atoms with van der Waals surface area (Å²) in [5.41, 5.74) is 3.98. The molecule has 0 aromatic heterocycles. The summed E-state index contributed by atoms with van der Waals surface area (Å²) in [6.45, 7) is 2.04. The molecule has 0 saturated carbocycles. The summed E-state index contributed by atoms with van der Waals surface area (Å²) in [7, 11) is 0. The Hall–Kier alpha value is -2.27. The molecule has 2 rings (SSSR count). The molecule has 78 valence electrons. The van der Waals surface area contributed by atoms with Gasteiger partial charge in [-0.3, -0.25) is 0 Å². The molecule has 0 heterocycles. The van der Waals surface area contributed by atoms with Crippen molar-refractivity contribution in [3.05, 3.63) is 69.9 Å². The maximum atomic E-state index is 10.3. The molecular formula is C14H11NO. The fraction of sp³-hybridized carbons (Fsp3) is 0.0714. The molecule has 2 aromatic carbocycles. The lowest BCUT2D eigenvalue weighted by Crippen LogP contribution is -1.83. The second-order valence-corrected chi connectivity index (χ2v) is 3.61. The minimum absolute atomic E-state index is 0.723. The highest BCUT2D eigenvalue weighted by atomic mass is 16.4. The Balaban J connectivity index is 2.54. The van der Waals surface area contributed by atoms with E-state index in [1.165, 1.54) is 5.56 Å². The Labute approximate surface area is 94.6 Å². The number of nitrogens with zero attached hydrogens (tertiary/aromatic N) is 1. The van der Waals surface area contributed by atoms with Gasteiger partial charge in [-0.15, -0.1) is 0 Å². The van der Waals surface area contributed by atoms with Crippen LogP contribution in [0.4, 0.5) is 0 Å². The number of rotatable bonds is 1. The molecule has 0 aliphatic rings. The zero-order valence-corrected chi connectivity index (χ0v) is 8.97. The Morgan fingerprint density at radius 1 is 1.00 bits per heavy atom. The molecule has 16 heavy (non-hydrogen) atoms. The van der Waals surface area contributed by atoms with E-state index < -0.39 is 0 Å². The minimum atomic E-state index is 0.723. The van der Waals surface area contributed by atoms with Crippen molar-refractivity contribution in [3.8, 4) is 17.2 Å². The van der Waals surface area contributed by atoms with Gasteiger partial charge in [0.25, 0.3) is 0 Å². The van der Waals surface area contributed by atoms with Gasteiger partial charge < -0.3 is 5.21 Å². The molecule has 0 unspecified atom stereocenters. The molecule has 0 atom stereocenters. The van der Waals surface area contributed by atoms with Gasteiger partial charge in [0.05, 0.1) is 0 Å². The van der Waals surface area contributed by atoms with E-state index in [9.17, 15) is 5.21 Å². The van der Waals surface area contributed by atoms with Gasteiger partial charge in [0.2, 0.25) is 0 Å². The largest absolute Gasteiger partial charge is 0.498 e. The van der Waals surface area contributed by atoms with E-state index >= 15 is 0 Å². The van der Waals surface area contributed by atoms with Crippen LogP contribution in [0.5, 0.6) is 0 Å². The van der Waals surface area contributed by atoms with Crippen molar-refractivity contribution in [1.82, 2.24) is 0 Å². The van der Waals surface area contributed by atoms with Crippen molar-refractivity contribution in [2.75, 3.05) is 0 Å². The molecule has 2 nitrogen and oxygen atoms in total. The number of hydrogen-bond acceptors (Lipinski definition) is 1. The lowest BCUT2D eigenvalue weighted by atomic mass is 10.00. The summed E-state index contributed by atoms with van der Waals surface area (Å²) in [4.78, 5) is 0. The molecule has 0 fully saturated rings. The van der Waals surface area contributed by atoms with Gasteiger partial charge in [0.1, 0.15) is 5.56 Å². The maximum absolute atomic E-state index is 10.3. The molecule has 0 spiro atoms. The van der Waals surface area contributed by atoms with Crippen LogP contribution < -0.4 is 0 Å². The van der Waals surface area contributed by atoms with Crippen molar-refractivity contribution in [2.45, 2.75) is 6.92 Å². The zero-order valence-electron chi connectivity index (χ0n) is 8.97. The van der Waals surface area contributed by atoms with Crippen molar-refractivity contribution in [2.24, 2.45) is 0 Å². The second kappa shape index (κ2) is 4.50. The summed E-state index contributed by atoms with van der Waals surface area (Å²) >= 11 is 0. The first-order valence-electron chi connectivity index (χ1n) is 5.05. The van der Waals surface area contributed by atoms with Crippen LogP contribution in [-0.2, 0) is 0 Å². The van der Waals surface area contributed by atoms with Crippen LogP contribution in [-0.4, -0.2) is 0 Å². The third-order valence-corrected chi connectivity index (χ3v) is 2.46. The third kappa shape index (κ3) is 2.04. The summed E-state index contributed by atoms with van der Waals surface area (Å²) in [6, 6.07) is 18.2. The Bertz CT molecular complexity index is 547. The average Bonchev–Trinajstić information content (AvgIpc) is 2.32. The maximum Gasteiger partial charge on any atom is 0.337 e. The highest BCUT2D eigenvalue weighted by Gasteiger charge is 2.05. The van der Waals surface area contributed by atoms with E-state index in [0.29, 0.717) is 0 Å². The number of aryl methyl sites for hydroxylation is 1. The van der Waals surface area contributed by atoms with Gasteiger partial charge in [0, 0.05) is 10.6 Å². The molecule has 2 heteroatoms. The second-order valence-electron chi connectivity index (χ2n) is 3.61. The molecule has 0 bridgehead atoms. The van der Waals surface area contributed by atoms with Gasteiger partial charge in [-0.05, 0) is 18.6 Å². The lowest BCUT2D eigenvalue weighted by molar-refractivity contribution is 1.46. The van der Waals surface area contributed by atoms with Crippen molar-refractivity contribution in [1.29, 1.82) is 0 Å². The van der Waals surface area contributed by atoms with Gasteiger partial charge in [-0.1, -0.05) is 48.0 Å². The first kappa shape index (κ1) is 10.3.